The lowest BCUT2D eigenvalue weighted by atomic mass is 10.0. The van der Waals surface area contributed by atoms with Gasteiger partial charge in [-0.25, -0.2) is 0 Å². The molecular formula is C31H56N2O2. The van der Waals surface area contributed by atoms with Crippen molar-refractivity contribution in [2.24, 2.45) is 0 Å². The van der Waals surface area contributed by atoms with Gasteiger partial charge in [-0.3, -0.25) is 9.69 Å². The van der Waals surface area contributed by atoms with Gasteiger partial charge in [-0.15, -0.1) is 0 Å². The molecule has 0 saturated carbocycles. The monoisotopic (exact) mass is 488 g/mol. The molecule has 35 heavy (non-hydrogen) atoms. The van der Waals surface area contributed by atoms with Gasteiger partial charge in [0.2, 0.25) is 5.91 Å². The van der Waals surface area contributed by atoms with Gasteiger partial charge < -0.3 is 10.4 Å². The first kappa shape index (κ1) is 31.6. The number of aliphatic hydroxyl groups is 1. The molecule has 0 aromatic heterocycles. The van der Waals surface area contributed by atoms with E-state index in [2.05, 4.69) is 41.4 Å². The predicted octanol–water partition coefficient (Wildman–Crippen LogP) is 7.64. The molecule has 4 heteroatoms. The molecule has 2 N–H and O–H groups in total. The summed E-state index contributed by atoms with van der Waals surface area (Å²) < 4.78 is 0. The highest BCUT2D eigenvalue weighted by Gasteiger charge is 2.07. The van der Waals surface area contributed by atoms with E-state index < -0.39 is 0 Å². The van der Waals surface area contributed by atoms with E-state index in [1.54, 1.807) is 0 Å². The van der Waals surface area contributed by atoms with Crippen LogP contribution in [-0.2, 0) is 11.3 Å². The van der Waals surface area contributed by atoms with E-state index in [9.17, 15) is 9.90 Å². The van der Waals surface area contributed by atoms with Gasteiger partial charge in [0.15, 0.2) is 0 Å². The van der Waals surface area contributed by atoms with Crippen LogP contribution in [0.1, 0.15) is 128 Å². The summed E-state index contributed by atoms with van der Waals surface area (Å²) in [5, 5.41) is 12.3. The molecule has 0 aliphatic carbocycles. The van der Waals surface area contributed by atoms with E-state index in [1.165, 1.54) is 95.5 Å². The summed E-state index contributed by atoms with van der Waals surface area (Å²) in [5.41, 5.74) is 1.29. The fourth-order valence-electron chi connectivity index (χ4n) is 4.68. The Morgan fingerprint density at radius 3 is 1.77 bits per heavy atom. The molecule has 0 spiro atoms. The standard InChI is InChI=1S/C31H56N2O2/c1-2-3-4-5-6-7-8-9-10-11-12-13-14-15-19-24-31(35)32-25-20-26-33(27-21-28-34)29-30-22-17-16-18-23-30/h16-18,22-23,34H,2-15,19-21,24-29H2,1H3,(H,32,35). The van der Waals surface area contributed by atoms with Gasteiger partial charge in [0.25, 0.3) is 0 Å². The molecule has 0 atom stereocenters. The van der Waals surface area contributed by atoms with Crippen molar-refractivity contribution in [1.82, 2.24) is 10.2 Å². The number of benzene rings is 1. The summed E-state index contributed by atoms with van der Waals surface area (Å²) in [6.07, 6.45) is 22.7. The summed E-state index contributed by atoms with van der Waals surface area (Å²) in [6.45, 7) is 5.97. The smallest absolute Gasteiger partial charge is 0.219 e. The van der Waals surface area contributed by atoms with Crippen LogP contribution in [-0.4, -0.2) is 42.2 Å². The van der Waals surface area contributed by atoms with Crippen LogP contribution in [0.2, 0.25) is 0 Å². The Hall–Kier alpha value is -1.39. The van der Waals surface area contributed by atoms with E-state index in [-0.39, 0.29) is 12.5 Å². The van der Waals surface area contributed by atoms with Gasteiger partial charge >= 0.3 is 0 Å². The number of carbonyl (C=O) groups excluding carboxylic acids is 1. The Labute approximate surface area is 217 Å². The zero-order valence-corrected chi connectivity index (χ0v) is 23.0. The third-order valence-electron chi connectivity index (χ3n) is 6.86. The molecule has 0 saturated heterocycles. The van der Waals surface area contributed by atoms with E-state index >= 15 is 0 Å². The number of aliphatic hydroxyl groups excluding tert-OH is 1. The van der Waals surface area contributed by atoms with Gasteiger partial charge in [-0.05, 0) is 24.8 Å². The Kier molecular flexibility index (Phi) is 22.0. The molecule has 202 valence electrons. The zero-order valence-electron chi connectivity index (χ0n) is 23.0. The number of unbranched alkanes of at least 4 members (excludes halogenated alkanes) is 14. The average molecular weight is 489 g/mol. The summed E-state index contributed by atoms with van der Waals surface area (Å²) in [5.74, 6) is 0.199. The molecule has 0 aliphatic rings. The molecule has 0 bridgehead atoms. The fourth-order valence-corrected chi connectivity index (χ4v) is 4.68. The average Bonchev–Trinajstić information content (AvgIpc) is 2.87. The van der Waals surface area contributed by atoms with Gasteiger partial charge in [0, 0.05) is 39.2 Å². The Balaban J connectivity index is 1.91. The Morgan fingerprint density at radius 2 is 1.23 bits per heavy atom. The van der Waals surface area contributed by atoms with Gasteiger partial charge in [-0.2, -0.15) is 0 Å². The first-order valence-corrected chi connectivity index (χ1v) is 14.9. The molecule has 0 heterocycles. The van der Waals surface area contributed by atoms with Gasteiger partial charge in [0.05, 0.1) is 0 Å². The van der Waals surface area contributed by atoms with Gasteiger partial charge in [-0.1, -0.05) is 127 Å². The summed E-state index contributed by atoms with van der Waals surface area (Å²) in [7, 11) is 0. The molecule has 0 radical (unpaired) electrons. The largest absolute Gasteiger partial charge is 0.396 e. The lowest BCUT2D eigenvalue weighted by molar-refractivity contribution is -0.121. The summed E-state index contributed by atoms with van der Waals surface area (Å²) in [4.78, 5) is 14.5. The third kappa shape index (κ3) is 20.5. The second-order valence-electron chi connectivity index (χ2n) is 10.2. The molecule has 1 aromatic carbocycles. The van der Waals surface area contributed by atoms with E-state index in [0.717, 1.165) is 45.4 Å². The van der Waals surface area contributed by atoms with Crippen molar-refractivity contribution in [3.8, 4) is 0 Å². The number of nitrogens with one attached hydrogen (secondary N) is 1. The quantitative estimate of drug-likeness (QED) is 0.139. The maximum Gasteiger partial charge on any atom is 0.219 e. The highest BCUT2D eigenvalue weighted by molar-refractivity contribution is 5.75. The van der Waals surface area contributed by atoms with Crippen molar-refractivity contribution in [2.45, 2.75) is 129 Å². The summed E-state index contributed by atoms with van der Waals surface area (Å²) >= 11 is 0. The van der Waals surface area contributed by atoms with Crippen LogP contribution in [0.5, 0.6) is 0 Å². The van der Waals surface area contributed by atoms with Crippen molar-refractivity contribution in [3.63, 3.8) is 0 Å². The van der Waals surface area contributed by atoms with Crippen LogP contribution in [0.15, 0.2) is 30.3 Å². The van der Waals surface area contributed by atoms with E-state index in [0.29, 0.717) is 6.42 Å². The van der Waals surface area contributed by atoms with Crippen molar-refractivity contribution < 1.29 is 9.90 Å². The van der Waals surface area contributed by atoms with Crippen LogP contribution >= 0.6 is 0 Å². The van der Waals surface area contributed by atoms with Crippen molar-refractivity contribution in [2.75, 3.05) is 26.2 Å². The number of hydrogen-bond acceptors (Lipinski definition) is 3. The minimum absolute atomic E-state index is 0.199. The Morgan fingerprint density at radius 1 is 0.714 bits per heavy atom. The maximum absolute atomic E-state index is 12.1. The minimum atomic E-state index is 0.199. The predicted molar refractivity (Wildman–Crippen MR) is 151 cm³/mol. The first-order valence-electron chi connectivity index (χ1n) is 14.9. The van der Waals surface area contributed by atoms with Crippen LogP contribution in [0.25, 0.3) is 0 Å². The second-order valence-corrected chi connectivity index (χ2v) is 10.2. The number of hydrogen-bond donors (Lipinski definition) is 2. The van der Waals surface area contributed by atoms with Crippen molar-refractivity contribution in [1.29, 1.82) is 0 Å². The molecule has 0 fully saturated rings. The third-order valence-corrected chi connectivity index (χ3v) is 6.86. The van der Waals surface area contributed by atoms with E-state index in [4.69, 9.17) is 0 Å². The van der Waals surface area contributed by atoms with Crippen LogP contribution < -0.4 is 5.32 Å². The number of amides is 1. The highest BCUT2D eigenvalue weighted by atomic mass is 16.3. The van der Waals surface area contributed by atoms with Crippen LogP contribution in [0, 0.1) is 0 Å². The Bertz CT molecular complexity index is 579. The zero-order chi connectivity index (χ0) is 25.2. The molecular weight excluding hydrogens is 432 g/mol. The lowest BCUT2D eigenvalue weighted by Gasteiger charge is -2.22. The SMILES string of the molecule is CCCCCCCCCCCCCCCCCC(=O)NCCCN(CCCO)Cc1ccccc1. The first-order chi connectivity index (χ1) is 17.3. The fraction of sp³-hybridized carbons (Fsp3) is 0.774. The molecule has 1 aromatic rings. The normalized spacial score (nSPS) is 11.3. The highest BCUT2D eigenvalue weighted by Crippen LogP contribution is 2.13. The van der Waals surface area contributed by atoms with Crippen LogP contribution in [0.3, 0.4) is 0 Å². The van der Waals surface area contributed by atoms with Crippen molar-refractivity contribution in [3.05, 3.63) is 35.9 Å². The van der Waals surface area contributed by atoms with E-state index in [1.807, 2.05) is 6.07 Å². The lowest BCUT2D eigenvalue weighted by Crippen LogP contribution is -2.30. The minimum Gasteiger partial charge on any atom is -0.396 e. The molecule has 1 amide bonds. The number of nitrogens with zero attached hydrogens (tertiary/aromatic N) is 1. The number of carbonyl (C=O) groups is 1. The second kappa shape index (κ2) is 24.3. The molecule has 4 nitrogen and oxygen atoms in total. The topological polar surface area (TPSA) is 52.6 Å². The molecule has 1 rings (SSSR count). The summed E-state index contributed by atoms with van der Waals surface area (Å²) in [6, 6.07) is 10.5. The molecule has 0 unspecified atom stereocenters. The number of rotatable bonds is 25. The maximum atomic E-state index is 12.1. The molecule has 0 aliphatic heterocycles. The van der Waals surface area contributed by atoms with Crippen LogP contribution in [0.4, 0.5) is 0 Å². The van der Waals surface area contributed by atoms with Crippen molar-refractivity contribution >= 4 is 5.91 Å². The van der Waals surface area contributed by atoms with Gasteiger partial charge in [0.1, 0.15) is 0 Å².